The van der Waals surface area contributed by atoms with Gasteiger partial charge in [-0.25, -0.2) is 17.1 Å². The molecule has 28 heavy (non-hydrogen) atoms. The van der Waals surface area contributed by atoms with Crippen LogP contribution in [0.4, 0.5) is 10.1 Å². The van der Waals surface area contributed by atoms with E-state index in [1.807, 2.05) is 4.90 Å². The first kappa shape index (κ1) is 22.3. The number of amides is 2. The van der Waals surface area contributed by atoms with Crippen molar-refractivity contribution >= 4 is 27.5 Å². The summed E-state index contributed by atoms with van der Waals surface area (Å²) in [6, 6.07) is 5.41. The van der Waals surface area contributed by atoms with Gasteiger partial charge in [0.25, 0.3) is 0 Å². The van der Waals surface area contributed by atoms with Gasteiger partial charge in [-0.1, -0.05) is 0 Å². The van der Waals surface area contributed by atoms with Gasteiger partial charge in [-0.3, -0.25) is 14.5 Å². The maximum absolute atomic E-state index is 13.2. The predicted octanol–water partition coefficient (Wildman–Crippen LogP) is 0.390. The molecular weight excluding hydrogens is 387 g/mol. The van der Waals surface area contributed by atoms with E-state index in [1.54, 1.807) is 7.05 Å². The molecule has 0 bridgehead atoms. The van der Waals surface area contributed by atoms with E-state index in [0.29, 0.717) is 31.6 Å². The highest BCUT2D eigenvalue weighted by molar-refractivity contribution is 7.88. The van der Waals surface area contributed by atoms with E-state index in [-0.39, 0.29) is 31.5 Å². The Morgan fingerprint density at radius 2 is 1.79 bits per heavy atom. The molecule has 2 amide bonds. The van der Waals surface area contributed by atoms with Crippen LogP contribution in [0.2, 0.25) is 0 Å². The van der Waals surface area contributed by atoms with E-state index in [1.165, 1.54) is 39.7 Å². The van der Waals surface area contributed by atoms with Gasteiger partial charge in [0.1, 0.15) is 5.82 Å². The fourth-order valence-corrected chi connectivity index (χ4v) is 3.98. The number of primary amides is 1. The van der Waals surface area contributed by atoms with Gasteiger partial charge in [0.2, 0.25) is 21.8 Å². The van der Waals surface area contributed by atoms with Gasteiger partial charge >= 0.3 is 0 Å². The molecule has 1 aliphatic rings. The molecule has 0 atom stereocenters. The molecule has 0 aromatic heterocycles. The SMILES string of the molecule is CN(C1CCN(CC(=O)N(CCC(N)=O)c2ccc(F)cc2)CC1)S(C)(=O)=O. The van der Waals surface area contributed by atoms with Crippen molar-refractivity contribution in [3.8, 4) is 0 Å². The van der Waals surface area contributed by atoms with E-state index in [2.05, 4.69) is 0 Å². The molecule has 1 aliphatic heterocycles. The topological polar surface area (TPSA) is 104 Å². The number of nitrogens with two attached hydrogens (primary N) is 1. The lowest BCUT2D eigenvalue weighted by Crippen LogP contribution is -2.48. The van der Waals surface area contributed by atoms with Crippen LogP contribution in [0.15, 0.2) is 24.3 Å². The maximum Gasteiger partial charge on any atom is 0.241 e. The van der Waals surface area contributed by atoms with Crippen molar-refractivity contribution < 1.29 is 22.4 Å². The Morgan fingerprint density at radius 3 is 2.29 bits per heavy atom. The zero-order chi connectivity index (χ0) is 20.9. The van der Waals surface area contributed by atoms with Crippen LogP contribution in [0.1, 0.15) is 19.3 Å². The van der Waals surface area contributed by atoms with Gasteiger partial charge in [0, 0.05) is 44.8 Å². The zero-order valence-electron chi connectivity index (χ0n) is 16.2. The molecule has 8 nitrogen and oxygen atoms in total. The Labute approximate surface area is 165 Å². The predicted molar refractivity (Wildman–Crippen MR) is 105 cm³/mol. The number of hydrogen-bond acceptors (Lipinski definition) is 5. The minimum atomic E-state index is -3.25. The average molecular weight is 415 g/mol. The van der Waals surface area contributed by atoms with Crippen molar-refractivity contribution in [2.24, 2.45) is 5.73 Å². The smallest absolute Gasteiger partial charge is 0.241 e. The number of nitrogens with zero attached hydrogens (tertiary/aromatic N) is 3. The summed E-state index contributed by atoms with van der Waals surface area (Å²) in [6.07, 6.45) is 2.45. The fourth-order valence-electron chi connectivity index (χ4n) is 3.23. The van der Waals surface area contributed by atoms with Crippen molar-refractivity contribution in [3.63, 3.8) is 0 Å². The number of hydrogen-bond donors (Lipinski definition) is 1. The Balaban J connectivity index is 1.99. The number of carbonyl (C=O) groups is 2. The Morgan fingerprint density at radius 1 is 1.21 bits per heavy atom. The molecule has 1 heterocycles. The van der Waals surface area contributed by atoms with Crippen molar-refractivity contribution in [2.45, 2.75) is 25.3 Å². The zero-order valence-corrected chi connectivity index (χ0v) is 17.0. The van der Waals surface area contributed by atoms with Crippen LogP contribution in [0.5, 0.6) is 0 Å². The second-order valence-electron chi connectivity index (χ2n) is 7.02. The largest absolute Gasteiger partial charge is 0.370 e. The molecule has 0 radical (unpaired) electrons. The van der Waals surface area contributed by atoms with Gasteiger partial charge in [0.15, 0.2) is 0 Å². The highest BCUT2D eigenvalue weighted by Crippen LogP contribution is 2.19. The molecule has 156 valence electrons. The van der Waals surface area contributed by atoms with E-state index >= 15 is 0 Å². The number of anilines is 1. The molecule has 1 saturated heterocycles. The lowest BCUT2D eigenvalue weighted by molar-refractivity contribution is -0.120. The quantitative estimate of drug-likeness (QED) is 0.663. The molecule has 2 rings (SSSR count). The average Bonchev–Trinajstić information content (AvgIpc) is 2.62. The Hall–Kier alpha value is -2.04. The molecule has 1 aromatic carbocycles. The summed E-state index contributed by atoms with van der Waals surface area (Å²) in [5, 5.41) is 0. The third-order valence-corrected chi connectivity index (χ3v) is 6.32. The molecule has 0 unspecified atom stereocenters. The summed E-state index contributed by atoms with van der Waals surface area (Å²) in [5.41, 5.74) is 5.70. The Bertz CT molecular complexity index is 792. The lowest BCUT2D eigenvalue weighted by Gasteiger charge is -2.36. The number of sulfonamides is 1. The minimum Gasteiger partial charge on any atom is -0.370 e. The van der Waals surface area contributed by atoms with Crippen molar-refractivity contribution in [3.05, 3.63) is 30.1 Å². The molecular formula is C18H27FN4O4S. The minimum absolute atomic E-state index is 0.00431. The second kappa shape index (κ2) is 9.44. The van der Waals surface area contributed by atoms with Crippen LogP contribution in [-0.2, 0) is 19.6 Å². The van der Waals surface area contributed by atoms with Crippen LogP contribution in [0, 0.1) is 5.82 Å². The van der Waals surface area contributed by atoms with Crippen LogP contribution in [-0.4, -0.2) is 75.0 Å². The lowest BCUT2D eigenvalue weighted by atomic mass is 10.1. The Kier molecular flexibility index (Phi) is 7.50. The van der Waals surface area contributed by atoms with Crippen molar-refractivity contribution in [1.29, 1.82) is 0 Å². The number of halogens is 1. The van der Waals surface area contributed by atoms with Gasteiger partial charge in [0.05, 0.1) is 12.8 Å². The van der Waals surface area contributed by atoms with E-state index < -0.39 is 21.7 Å². The van der Waals surface area contributed by atoms with Crippen LogP contribution in [0.3, 0.4) is 0 Å². The first-order valence-electron chi connectivity index (χ1n) is 9.07. The molecule has 0 saturated carbocycles. The van der Waals surface area contributed by atoms with Crippen LogP contribution < -0.4 is 10.6 Å². The molecule has 0 spiro atoms. The third kappa shape index (κ3) is 6.25. The standard InChI is InChI=1S/C18H27FN4O4S/c1-21(28(2,26)27)15-7-10-22(11-8-15)13-18(25)23(12-9-17(20)24)16-5-3-14(19)4-6-16/h3-6,15H,7-13H2,1-2H3,(H2,20,24). The molecule has 1 aromatic rings. The highest BCUT2D eigenvalue weighted by Gasteiger charge is 2.29. The van der Waals surface area contributed by atoms with Gasteiger partial charge in [-0.15, -0.1) is 0 Å². The summed E-state index contributed by atoms with van der Waals surface area (Å²) in [4.78, 5) is 27.3. The van der Waals surface area contributed by atoms with E-state index in [4.69, 9.17) is 5.73 Å². The third-order valence-electron chi connectivity index (χ3n) is 4.97. The van der Waals surface area contributed by atoms with Crippen LogP contribution >= 0.6 is 0 Å². The molecule has 2 N–H and O–H groups in total. The van der Waals surface area contributed by atoms with Gasteiger partial charge in [-0.2, -0.15) is 0 Å². The fraction of sp³-hybridized carbons (Fsp3) is 0.556. The molecule has 1 fully saturated rings. The van der Waals surface area contributed by atoms with Gasteiger partial charge in [-0.05, 0) is 37.1 Å². The summed E-state index contributed by atoms with van der Waals surface area (Å²) in [7, 11) is -1.68. The van der Waals surface area contributed by atoms with Crippen LogP contribution in [0.25, 0.3) is 0 Å². The number of benzene rings is 1. The first-order chi connectivity index (χ1) is 13.1. The summed E-state index contributed by atoms with van der Waals surface area (Å²) in [6.45, 7) is 1.42. The van der Waals surface area contributed by atoms with E-state index in [9.17, 15) is 22.4 Å². The molecule has 0 aliphatic carbocycles. The molecule has 10 heteroatoms. The second-order valence-corrected chi connectivity index (χ2v) is 9.07. The number of piperidine rings is 1. The number of carbonyl (C=O) groups excluding carboxylic acids is 2. The number of likely N-dealkylation sites (tertiary alicyclic amines) is 1. The summed E-state index contributed by atoms with van der Waals surface area (Å²) >= 11 is 0. The maximum atomic E-state index is 13.2. The summed E-state index contributed by atoms with van der Waals surface area (Å²) in [5.74, 6) is -1.16. The number of rotatable bonds is 8. The van der Waals surface area contributed by atoms with Crippen molar-refractivity contribution in [1.82, 2.24) is 9.21 Å². The highest BCUT2D eigenvalue weighted by atomic mass is 32.2. The van der Waals surface area contributed by atoms with Crippen molar-refractivity contribution in [2.75, 3.05) is 44.4 Å². The van der Waals surface area contributed by atoms with E-state index in [0.717, 1.165) is 0 Å². The summed E-state index contributed by atoms with van der Waals surface area (Å²) < 4.78 is 37.9. The van der Waals surface area contributed by atoms with Gasteiger partial charge < -0.3 is 10.6 Å². The monoisotopic (exact) mass is 414 g/mol. The normalized spacial score (nSPS) is 16.3. The first-order valence-corrected chi connectivity index (χ1v) is 10.9.